The van der Waals surface area contributed by atoms with Gasteiger partial charge in [-0.3, -0.25) is 9.59 Å². The zero-order valence-electron chi connectivity index (χ0n) is 15.8. The maximum atomic E-state index is 12.8. The van der Waals surface area contributed by atoms with Crippen LogP contribution < -0.4 is 10.2 Å². The third-order valence-electron chi connectivity index (χ3n) is 4.88. The lowest BCUT2D eigenvalue weighted by Crippen LogP contribution is -2.34. The minimum absolute atomic E-state index is 0.163. The van der Waals surface area contributed by atoms with Gasteiger partial charge in [-0.15, -0.1) is 0 Å². The van der Waals surface area contributed by atoms with Crippen LogP contribution in [0.25, 0.3) is 0 Å². The molecule has 3 rings (SSSR count). The van der Waals surface area contributed by atoms with Crippen LogP contribution in [0.3, 0.4) is 0 Å². The quantitative estimate of drug-likeness (QED) is 0.797. The summed E-state index contributed by atoms with van der Waals surface area (Å²) in [4.78, 5) is 26.5. The van der Waals surface area contributed by atoms with Crippen molar-refractivity contribution in [2.45, 2.75) is 52.0 Å². The van der Waals surface area contributed by atoms with Crippen LogP contribution in [-0.2, 0) is 9.59 Å². The van der Waals surface area contributed by atoms with E-state index in [0.29, 0.717) is 17.5 Å². The molecule has 0 aromatic heterocycles. The average Bonchev–Trinajstić information content (AvgIpc) is 2.89. The van der Waals surface area contributed by atoms with Crippen LogP contribution in [0.4, 0.5) is 11.4 Å². The standard InChI is InChI=1S/C22H26N2O2/c1-14(2)16-5-9-18(10-6-16)23-20-13-21(25)24(22(20)26)19-11-7-17(8-12-19)15(3)4/h5-12,14-15,20,23H,13H2,1-4H3/t20-/m1/s1. The molecule has 1 heterocycles. The molecular formula is C22H26N2O2. The largest absolute Gasteiger partial charge is 0.373 e. The predicted molar refractivity (Wildman–Crippen MR) is 106 cm³/mol. The van der Waals surface area contributed by atoms with Gasteiger partial charge in [0.1, 0.15) is 6.04 Å². The van der Waals surface area contributed by atoms with Crippen molar-refractivity contribution < 1.29 is 9.59 Å². The smallest absolute Gasteiger partial charge is 0.256 e. The lowest BCUT2D eigenvalue weighted by molar-refractivity contribution is -0.121. The number of hydrogen-bond acceptors (Lipinski definition) is 3. The molecule has 0 spiro atoms. The maximum absolute atomic E-state index is 12.8. The molecule has 1 saturated heterocycles. The van der Waals surface area contributed by atoms with E-state index in [4.69, 9.17) is 0 Å². The first-order valence-corrected chi connectivity index (χ1v) is 9.20. The molecule has 4 heteroatoms. The molecular weight excluding hydrogens is 324 g/mol. The van der Waals surface area contributed by atoms with Crippen molar-refractivity contribution in [3.05, 3.63) is 59.7 Å². The number of imide groups is 1. The molecule has 2 aromatic carbocycles. The first-order valence-electron chi connectivity index (χ1n) is 9.20. The number of nitrogens with one attached hydrogen (secondary N) is 1. The topological polar surface area (TPSA) is 49.4 Å². The van der Waals surface area contributed by atoms with Crippen molar-refractivity contribution in [1.29, 1.82) is 0 Å². The van der Waals surface area contributed by atoms with Crippen molar-refractivity contribution in [3.63, 3.8) is 0 Å². The molecule has 26 heavy (non-hydrogen) atoms. The van der Waals surface area contributed by atoms with Crippen LogP contribution in [0.5, 0.6) is 0 Å². The van der Waals surface area contributed by atoms with Crippen molar-refractivity contribution >= 4 is 23.2 Å². The van der Waals surface area contributed by atoms with E-state index in [9.17, 15) is 9.59 Å². The van der Waals surface area contributed by atoms with Gasteiger partial charge in [0.2, 0.25) is 5.91 Å². The Morgan fingerprint density at radius 2 is 1.35 bits per heavy atom. The van der Waals surface area contributed by atoms with Gasteiger partial charge in [0.15, 0.2) is 0 Å². The Labute approximate surface area is 155 Å². The molecule has 2 aromatic rings. The molecule has 0 saturated carbocycles. The average molecular weight is 350 g/mol. The van der Waals surface area contributed by atoms with Gasteiger partial charge in [-0.05, 0) is 47.2 Å². The van der Waals surface area contributed by atoms with Crippen LogP contribution in [0.1, 0.15) is 57.1 Å². The zero-order valence-corrected chi connectivity index (χ0v) is 15.8. The molecule has 1 fully saturated rings. The van der Waals surface area contributed by atoms with Gasteiger partial charge in [0.05, 0.1) is 12.1 Å². The Morgan fingerprint density at radius 3 is 1.85 bits per heavy atom. The minimum Gasteiger partial charge on any atom is -0.373 e. The van der Waals surface area contributed by atoms with Gasteiger partial charge in [-0.1, -0.05) is 52.0 Å². The molecule has 0 aliphatic carbocycles. The summed E-state index contributed by atoms with van der Waals surface area (Å²) in [6.07, 6.45) is 0.177. The van der Waals surface area contributed by atoms with Crippen molar-refractivity contribution in [3.8, 4) is 0 Å². The number of nitrogens with zero attached hydrogens (tertiary/aromatic N) is 1. The molecule has 0 radical (unpaired) electrons. The lowest BCUT2D eigenvalue weighted by atomic mass is 10.0. The van der Waals surface area contributed by atoms with E-state index in [-0.39, 0.29) is 18.2 Å². The number of carbonyl (C=O) groups is 2. The van der Waals surface area contributed by atoms with Crippen LogP contribution in [0.2, 0.25) is 0 Å². The number of carbonyl (C=O) groups excluding carboxylic acids is 2. The van der Waals surface area contributed by atoms with Crippen LogP contribution >= 0.6 is 0 Å². The van der Waals surface area contributed by atoms with Gasteiger partial charge in [-0.2, -0.15) is 0 Å². The monoisotopic (exact) mass is 350 g/mol. The summed E-state index contributed by atoms with van der Waals surface area (Å²) in [5.41, 5.74) is 3.94. The Hall–Kier alpha value is -2.62. The molecule has 1 aliphatic heterocycles. The molecule has 1 atom stereocenters. The molecule has 0 unspecified atom stereocenters. The Kier molecular flexibility index (Phi) is 5.12. The van der Waals surface area contributed by atoms with Crippen LogP contribution in [0.15, 0.2) is 48.5 Å². The first-order chi connectivity index (χ1) is 12.4. The van der Waals surface area contributed by atoms with Crippen molar-refractivity contribution in [1.82, 2.24) is 0 Å². The Bertz CT molecular complexity index is 792. The second-order valence-electron chi connectivity index (χ2n) is 7.49. The molecule has 1 aliphatic rings. The highest BCUT2D eigenvalue weighted by molar-refractivity contribution is 6.23. The van der Waals surface area contributed by atoms with Gasteiger partial charge >= 0.3 is 0 Å². The number of anilines is 2. The molecule has 4 nitrogen and oxygen atoms in total. The fourth-order valence-electron chi connectivity index (χ4n) is 3.19. The van der Waals surface area contributed by atoms with E-state index >= 15 is 0 Å². The number of benzene rings is 2. The Morgan fingerprint density at radius 1 is 0.846 bits per heavy atom. The van der Waals surface area contributed by atoms with E-state index in [0.717, 1.165) is 5.69 Å². The van der Waals surface area contributed by atoms with Crippen LogP contribution in [-0.4, -0.2) is 17.9 Å². The molecule has 2 amide bonds. The highest BCUT2D eigenvalue weighted by atomic mass is 16.2. The van der Waals surface area contributed by atoms with Gasteiger partial charge in [0.25, 0.3) is 5.91 Å². The highest BCUT2D eigenvalue weighted by Gasteiger charge is 2.39. The predicted octanol–water partition coefficient (Wildman–Crippen LogP) is 4.68. The lowest BCUT2D eigenvalue weighted by Gasteiger charge is -2.17. The minimum atomic E-state index is -0.517. The first kappa shape index (κ1) is 18.2. The van der Waals surface area contributed by atoms with Crippen LogP contribution in [0, 0.1) is 0 Å². The van der Waals surface area contributed by atoms with Crippen molar-refractivity contribution in [2.75, 3.05) is 10.2 Å². The van der Waals surface area contributed by atoms with Gasteiger partial charge in [0, 0.05) is 5.69 Å². The number of hydrogen-bond donors (Lipinski definition) is 1. The third kappa shape index (κ3) is 3.64. The summed E-state index contributed by atoms with van der Waals surface area (Å²) < 4.78 is 0. The van der Waals surface area contributed by atoms with Crippen molar-refractivity contribution in [2.24, 2.45) is 0 Å². The second-order valence-corrected chi connectivity index (χ2v) is 7.49. The van der Waals surface area contributed by atoms with E-state index in [1.54, 1.807) is 0 Å². The summed E-state index contributed by atoms with van der Waals surface area (Å²) in [6, 6.07) is 15.2. The van der Waals surface area contributed by atoms with E-state index < -0.39 is 6.04 Å². The fourth-order valence-corrected chi connectivity index (χ4v) is 3.19. The third-order valence-corrected chi connectivity index (χ3v) is 4.88. The summed E-state index contributed by atoms with van der Waals surface area (Å²) in [5, 5.41) is 3.20. The van der Waals surface area contributed by atoms with E-state index in [1.807, 2.05) is 36.4 Å². The van der Waals surface area contributed by atoms with Gasteiger partial charge in [-0.25, -0.2) is 4.90 Å². The molecule has 0 bridgehead atoms. The molecule has 1 N–H and O–H groups in total. The SMILES string of the molecule is CC(C)c1ccc(N[C@@H]2CC(=O)N(c3ccc(C(C)C)cc3)C2=O)cc1. The summed E-state index contributed by atoms with van der Waals surface area (Å²) in [5.74, 6) is 0.518. The number of amides is 2. The normalized spacial score (nSPS) is 17.5. The highest BCUT2D eigenvalue weighted by Crippen LogP contribution is 2.27. The number of rotatable bonds is 5. The second kappa shape index (κ2) is 7.32. The fraction of sp³-hybridized carbons (Fsp3) is 0.364. The summed E-state index contributed by atoms with van der Waals surface area (Å²) in [7, 11) is 0. The zero-order chi connectivity index (χ0) is 18.8. The summed E-state index contributed by atoms with van der Waals surface area (Å²) >= 11 is 0. The maximum Gasteiger partial charge on any atom is 0.256 e. The molecule has 136 valence electrons. The van der Waals surface area contributed by atoms with E-state index in [2.05, 4.69) is 45.1 Å². The Balaban J connectivity index is 1.74. The van der Waals surface area contributed by atoms with Gasteiger partial charge < -0.3 is 5.32 Å². The van der Waals surface area contributed by atoms with E-state index in [1.165, 1.54) is 16.0 Å². The summed E-state index contributed by atoms with van der Waals surface area (Å²) in [6.45, 7) is 8.52.